The lowest BCUT2D eigenvalue weighted by Crippen LogP contribution is -2.24. The fraction of sp³-hybridized carbons (Fsp3) is 0.357. The Bertz CT molecular complexity index is 483. The van der Waals surface area contributed by atoms with E-state index >= 15 is 0 Å². The number of azo groups is 1. The molecular weight excluding hydrogens is 238 g/mol. The minimum Gasteiger partial charge on any atom is -0.378 e. The molecule has 0 fully saturated rings. The number of rotatable bonds is 3. The summed E-state index contributed by atoms with van der Waals surface area (Å²) < 4.78 is 1.87. The molecule has 0 heterocycles. The molecule has 0 bridgehead atoms. The largest absolute Gasteiger partial charge is 0.414 e. The Morgan fingerprint density at radius 3 is 2.37 bits per heavy atom. The molecule has 0 saturated carbocycles. The normalized spacial score (nSPS) is 12.9. The van der Waals surface area contributed by atoms with E-state index in [9.17, 15) is 0 Å². The van der Waals surface area contributed by atoms with Crippen LogP contribution in [0.1, 0.15) is 6.92 Å². The van der Waals surface area contributed by atoms with Crippen molar-refractivity contribution in [2.24, 2.45) is 10.2 Å². The van der Waals surface area contributed by atoms with Crippen molar-refractivity contribution in [1.82, 2.24) is 5.32 Å². The van der Waals surface area contributed by atoms with Crippen LogP contribution in [0.5, 0.6) is 0 Å². The first kappa shape index (κ1) is 14.9. The molecule has 0 spiro atoms. The molecule has 0 unspecified atom stereocenters. The molecule has 0 aromatic heterocycles. The van der Waals surface area contributed by atoms with Gasteiger partial charge in [0.15, 0.2) is 0 Å². The van der Waals surface area contributed by atoms with Gasteiger partial charge in [-0.1, -0.05) is 11.2 Å². The zero-order valence-electron chi connectivity index (χ0n) is 12.3. The highest BCUT2D eigenvalue weighted by Gasteiger charge is 2.05. The number of allylic oxidation sites excluding steroid dienone is 1. The van der Waals surface area contributed by atoms with Crippen LogP contribution in [0.25, 0.3) is 0 Å². The Balaban J connectivity index is 2.88. The number of benzene rings is 1. The highest BCUT2D eigenvalue weighted by atomic mass is 15.3. The highest BCUT2D eigenvalue weighted by molar-refractivity contribution is 5.75. The first-order chi connectivity index (χ1) is 9.08. The summed E-state index contributed by atoms with van der Waals surface area (Å²) in [5.74, 6) is 0.690. The zero-order valence-corrected chi connectivity index (χ0v) is 12.3. The zero-order chi connectivity index (χ0) is 14.3. The number of hydrogen-bond donors (Lipinski definition) is 1. The fourth-order valence-electron chi connectivity index (χ4n) is 1.51. The average molecular weight is 260 g/mol. The second kappa shape index (κ2) is 7.31. The molecule has 1 aromatic carbocycles. The van der Waals surface area contributed by atoms with Crippen molar-refractivity contribution in [3.05, 3.63) is 36.5 Å². The number of hydrogen-bond acceptors (Lipinski definition) is 2. The molecule has 0 amide bonds. The summed E-state index contributed by atoms with van der Waals surface area (Å²) in [7, 11) is 7.76. The molecule has 5 nitrogen and oxygen atoms in total. The third-order valence-electron chi connectivity index (χ3n) is 2.56. The molecule has 5 heteroatoms. The Morgan fingerprint density at radius 2 is 1.89 bits per heavy atom. The average Bonchev–Trinajstić information content (AvgIpc) is 2.40. The summed E-state index contributed by atoms with van der Waals surface area (Å²) in [6.45, 7) is 1.96. The maximum absolute atomic E-state index is 4.21. The van der Waals surface area contributed by atoms with Gasteiger partial charge in [0.1, 0.15) is 5.69 Å². The van der Waals surface area contributed by atoms with Gasteiger partial charge < -0.3 is 4.90 Å². The van der Waals surface area contributed by atoms with Crippen molar-refractivity contribution < 1.29 is 4.58 Å². The molecule has 1 aromatic rings. The van der Waals surface area contributed by atoms with E-state index in [1.165, 1.54) is 0 Å². The molecule has 1 rings (SSSR count). The predicted octanol–water partition coefficient (Wildman–Crippen LogP) is 2.59. The Labute approximate surface area is 115 Å². The molecule has 1 N–H and O–H groups in total. The Hall–Kier alpha value is -2.17. The first-order valence-corrected chi connectivity index (χ1v) is 6.18. The first-order valence-electron chi connectivity index (χ1n) is 6.18. The minimum atomic E-state index is 0.690. The van der Waals surface area contributed by atoms with Crippen LogP contribution >= 0.6 is 0 Å². The number of anilines is 1. The van der Waals surface area contributed by atoms with E-state index in [0.29, 0.717) is 5.96 Å². The van der Waals surface area contributed by atoms with E-state index in [0.717, 1.165) is 11.4 Å². The third kappa shape index (κ3) is 4.54. The molecule has 0 atom stereocenters. The molecular formula is C14H22N5+. The molecule has 102 valence electrons. The monoisotopic (exact) mass is 260 g/mol. The van der Waals surface area contributed by atoms with Crippen LogP contribution in [0.15, 0.2) is 46.8 Å². The predicted molar refractivity (Wildman–Crippen MR) is 80.4 cm³/mol. The van der Waals surface area contributed by atoms with Crippen LogP contribution in [0.4, 0.5) is 11.4 Å². The van der Waals surface area contributed by atoms with E-state index in [4.69, 9.17) is 0 Å². The summed E-state index contributed by atoms with van der Waals surface area (Å²) in [6, 6.07) is 7.93. The maximum atomic E-state index is 4.21. The van der Waals surface area contributed by atoms with Gasteiger partial charge in [0.2, 0.25) is 0 Å². The minimum absolute atomic E-state index is 0.690. The van der Waals surface area contributed by atoms with Gasteiger partial charge >= 0.3 is 5.96 Å². The topological polar surface area (TPSA) is 43.0 Å². The van der Waals surface area contributed by atoms with Crippen molar-refractivity contribution in [1.29, 1.82) is 0 Å². The van der Waals surface area contributed by atoms with Crippen molar-refractivity contribution in [3.63, 3.8) is 0 Å². The standard InChI is InChI=1S/C14H21N5/c1-6-11-19(5)14(15-2)17-16-12-7-9-13(10-8-12)18(3)4/h6-11H,1-5H3/p+1/b11-6-,17-16?. The SMILES string of the molecule is C/C=C\[N+](C)=C(N=Nc1ccc(N(C)C)cc1)NC. The second-order valence-electron chi connectivity index (χ2n) is 4.28. The van der Waals surface area contributed by atoms with Crippen LogP contribution in [-0.4, -0.2) is 38.7 Å². The van der Waals surface area contributed by atoms with Gasteiger partial charge in [-0.15, -0.1) is 0 Å². The highest BCUT2D eigenvalue weighted by Crippen LogP contribution is 2.18. The van der Waals surface area contributed by atoms with E-state index < -0.39 is 0 Å². The van der Waals surface area contributed by atoms with Crippen molar-refractivity contribution in [2.45, 2.75) is 6.92 Å². The fourth-order valence-corrected chi connectivity index (χ4v) is 1.51. The van der Waals surface area contributed by atoms with Crippen molar-refractivity contribution in [3.8, 4) is 0 Å². The summed E-state index contributed by atoms with van der Waals surface area (Å²) in [5, 5.41) is 11.4. The number of nitrogens with zero attached hydrogens (tertiary/aromatic N) is 4. The van der Waals surface area contributed by atoms with E-state index in [-0.39, 0.29) is 0 Å². The van der Waals surface area contributed by atoms with Crippen LogP contribution in [-0.2, 0) is 0 Å². The molecule has 0 radical (unpaired) electrons. The van der Waals surface area contributed by atoms with Gasteiger partial charge in [0, 0.05) is 24.9 Å². The van der Waals surface area contributed by atoms with Gasteiger partial charge in [-0.3, -0.25) is 5.32 Å². The van der Waals surface area contributed by atoms with Crippen LogP contribution in [0.2, 0.25) is 0 Å². The lowest BCUT2D eigenvalue weighted by molar-refractivity contribution is -0.425. The van der Waals surface area contributed by atoms with Gasteiger partial charge in [-0.05, 0) is 31.2 Å². The van der Waals surface area contributed by atoms with Gasteiger partial charge in [-0.25, -0.2) is 4.58 Å². The Kier molecular flexibility index (Phi) is 5.73. The summed E-state index contributed by atoms with van der Waals surface area (Å²) >= 11 is 0. The molecule has 0 aliphatic heterocycles. The van der Waals surface area contributed by atoms with E-state index in [2.05, 4.69) is 15.5 Å². The van der Waals surface area contributed by atoms with Crippen LogP contribution in [0, 0.1) is 0 Å². The number of guanidine groups is 1. The van der Waals surface area contributed by atoms with Crippen molar-refractivity contribution >= 4 is 17.3 Å². The lowest BCUT2D eigenvalue weighted by atomic mass is 10.3. The van der Waals surface area contributed by atoms with Crippen molar-refractivity contribution in [2.75, 3.05) is 33.1 Å². The Morgan fingerprint density at radius 1 is 1.26 bits per heavy atom. The molecule has 0 saturated heterocycles. The van der Waals surface area contributed by atoms with Gasteiger partial charge in [0.05, 0.1) is 20.3 Å². The third-order valence-corrected chi connectivity index (χ3v) is 2.56. The molecule has 0 aliphatic carbocycles. The lowest BCUT2D eigenvalue weighted by Gasteiger charge is -2.11. The number of nitrogens with one attached hydrogen (secondary N) is 1. The van der Waals surface area contributed by atoms with Crippen LogP contribution < -0.4 is 10.2 Å². The van der Waals surface area contributed by atoms with Crippen LogP contribution in [0.3, 0.4) is 0 Å². The molecule has 19 heavy (non-hydrogen) atoms. The van der Waals surface area contributed by atoms with Gasteiger partial charge in [0.25, 0.3) is 0 Å². The van der Waals surface area contributed by atoms with Gasteiger partial charge in [-0.2, -0.15) is 0 Å². The quantitative estimate of drug-likeness (QED) is 0.393. The van der Waals surface area contributed by atoms with E-state index in [1.54, 1.807) is 0 Å². The summed E-state index contributed by atoms with van der Waals surface area (Å²) in [5.41, 5.74) is 1.97. The summed E-state index contributed by atoms with van der Waals surface area (Å²) in [4.78, 5) is 2.05. The second-order valence-corrected chi connectivity index (χ2v) is 4.28. The van der Waals surface area contributed by atoms with E-state index in [1.807, 2.05) is 81.1 Å². The maximum Gasteiger partial charge on any atom is 0.414 e. The molecule has 0 aliphatic rings. The smallest absolute Gasteiger partial charge is 0.378 e. The summed E-state index contributed by atoms with van der Waals surface area (Å²) in [6.07, 6.45) is 3.86.